The Hall–Kier alpha value is -3.19. The SMILES string of the molecule is CC[NH+](CC(=O)Nc1ccc(OC)cc1)[C@@H](C)C(=O)Nc1ccc(C(C)=O)cc1. The number of hydrogen-bond acceptors (Lipinski definition) is 4. The Bertz CT molecular complexity index is 847. The number of likely N-dealkylation sites (N-methyl/N-ethyl adjacent to an activating group) is 1. The highest BCUT2D eigenvalue weighted by Gasteiger charge is 2.26. The molecule has 0 bridgehead atoms. The molecule has 2 amide bonds. The van der Waals surface area contributed by atoms with Gasteiger partial charge in [0, 0.05) is 16.9 Å². The quantitative estimate of drug-likeness (QED) is 0.562. The zero-order chi connectivity index (χ0) is 21.4. The number of anilines is 2. The second-order valence-corrected chi connectivity index (χ2v) is 6.81. The van der Waals surface area contributed by atoms with Gasteiger partial charge in [0.25, 0.3) is 11.8 Å². The molecule has 7 nitrogen and oxygen atoms in total. The molecule has 29 heavy (non-hydrogen) atoms. The molecule has 0 fully saturated rings. The molecule has 7 heteroatoms. The lowest BCUT2D eigenvalue weighted by Crippen LogP contribution is -3.17. The number of rotatable bonds is 9. The molecule has 3 N–H and O–H groups in total. The molecule has 0 aliphatic carbocycles. The molecule has 0 radical (unpaired) electrons. The van der Waals surface area contributed by atoms with Crippen molar-refractivity contribution in [1.82, 2.24) is 0 Å². The van der Waals surface area contributed by atoms with Gasteiger partial charge in [0.05, 0.1) is 13.7 Å². The summed E-state index contributed by atoms with van der Waals surface area (Å²) in [5.74, 6) is 0.332. The third-order valence-electron chi connectivity index (χ3n) is 4.78. The summed E-state index contributed by atoms with van der Waals surface area (Å²) in [6.07, 6.45) is 0. The number of quaternary nitrogens is 1. The summed E-state index contributed by atoms with van der Waals surface area (Å²) in [5, 5.41) is 5.68. The fraction of sp³-hybridized carbons (Fsp3) is 0.318. The molecule has 0 saturated carbocycles. The van der Waals surface area contributed by atoms with Crippen molar-refractivity contribution in [2.45, 2.75) is 26.8 Å². The molecule has 0 spiro atoms. The summed E-state index contributed by atoms with van der Waals surface area (Å²) < 4.78 is 5.10. The van der Waals surface area contributed by atoms with E-state index in [9.17, 15) is 14.4 Å². The van der Waals surface area contributed by atoms with E-state index in [2.05, 4.69) is 10.6 Å². The topological polar surface area (TPSA) is 88.9 Å². The lowest BCUT2D eigenvalue weighted by atomic mass is 10.1. The molecule has 2 atom stereocenters. The van der Waals surface area contributed by atoms with Crippen molar-refractivity contribution in [2.75, 3.05) is 30.8 Å². The van der Waals surface area contributed by atoms with Crippen LogP contribution in [0.25, 0.3) is 0 Å². The minimum Gasteiger partial charge on any atom is -0.497 e. The Morgan fingerprint density at radius 3 is 2.03 bits per heavy atom. The zero-order valence-electron chi connectivity index (χ0n) is 17.2. The van der Waals surface area contributed by atoms with Crippen molar-refractivity contribution >= 4 is 29.0 Å². The first kappa shape index (κ1) is 22.1. The first-order valence-electron chi connectivity index (χ1n) is 9.54. The van der Waals surface area contributed by atoms with Crippen molar-refractivity contribution in [3.05, 3.63) is 54.1 Å². The number of ketones is 1. The Morgan fingerprint density at radius 1 is 0.966 bits per heavy atom. The minimum atomic E-state index is -0.422. The van der Waals surface area contributed by atoms with E-state index < -0.39 is 6.04 Å². The number of nitrogens with one attached hydrogen (secondary N) is 3. The van der Waals surface area contributed by atoms with Gasteiger partial charge in [0.1, 0.15) is 5.75 Å². The third kappa shape index (κ3) is 6.43. The van der Waals surface area contributed by atoms with Crippen LogP contribution < -0.4 is 20.3 Å². The van der Waals surface area contributed by atoms with Gasteiger partial charge in [-0.15, -0.1) is 0 Å². The second-order valence-electron chi connectivity index (χ2n) is 6.81. The lowest BCUT2D eigenvalue weighted by Gasteiger charge is -2.23. The number of carbonyl (C=O) groups is 3. The highest BCUT2D eigenvalue weighted by atomic mass is 16.5. The highest BCUT2D eigenvalue weighted by molar-refractivity contribution is 5.97. The molecule has 2 rings (SSSR count). The van der Waals surface area contributed by atoms with Crippen molar-refractivity contribution in [3.63, 3.8) is 0 Å². The van der Waals surface area contributed by atoms with Crippen LogP contribution in [-0.4, -0.2) is 43.8 Å². The summed E-state index contributed by atoms with van der Waals surface area (Å²) in [5.41, 5.74) is 1.88. The molecular formula is C22H28N3O4+. The van der Waals surface area contributed by atoms with Gasteiger partial charge in [-0.25, -0.2) is 0 Å². The van der Waals surface area contributed by atoms with E-state index in [1.807, 2.05) is 6.92 Å². The first-order valence-corrected chi connectivity index (χ1v) is 9.54. The number of ether oxygens (including phenoxy) is 1. The smallest absolute Gasteiger partial charge is 0.282 e. The number of methoxy groups -OCH3 is 1. The summed E-state index contributed by atoms with van der Waals surface area (Å²) in [7, 11) is 1.58. The predicted molar refractivity (Wildman–Crippen MR) is 113 cm³/mol. The van der Waals surface area contributed by atoms with Crippen LogP contribution in [0, 0.1) is 0 Å². The van der Waals surface area contributed by atoms with Crippen LogP contribution in [0.2, 0.25) is 0 Å². The fourth-order valence-corrected chi connectivity index (χ4v) is 2.89. The Balaban J connectivity index is 1.93. The second kappa shape index (κ2) is 10.4. The Morgan fingerprint density at radius 2 is 1.52 bits per heavy atom. The van der Waals surface area contributed by atoms with Crippen molar-refractivity contribution < 1.29 is 24.0 Å². The van der Waals surface area contributed by atoms with Crippen LogP contribution in [0.3, 0.4) is 0 Å². The number of hydrogen-bond donors (Lipinski definition) is 3. The normalized spacial score (nSPS) is 12.6. The summed E-state index contributed by atoms with van der Waals surface area (Å²) in [6, 6.07) is 13.4. The highest BCUT2D eigenvalue weighted by Crippen LogP contribution is 2.14. The molecule has 1 unspecified atom stereocenters. The molecule has 2 aromatic rings. The molecule has 0 saturated heterocycles. The van der Waals surface area contributed by atoms with Crippen LogP contribution >= 0.6 is 0 Å². The van der Waals surface area contributed by atoms with Gasteiger partial charge in [0.15, 0.2) is 18.4 Å². The van der Waals surface area contributed by atoms with Crippen LogP contribution in [0.1, 0.15) is 31.1 Å². The van der Waals surface area contributed by atoms with Gasteiger partial charge in [-0.05, 0) is 69.3 Å². The van der Waals surface area contributed by atoms with Gasteiger partial charge in [-0.1, -0.05) is 0 Å². The third-order valence-corrected chi connectivity index (χ3v) is 4.78. The van der Waals surface area contributed by atoms with Crippen molar-refractivity contribution in [2.24, 2.45) is 0 Å². The first-order chi connectivity index (χ1) is 13.8. The Kier molecular flexibility index (Phi) is 7.91. The van der Waals surface area contributed by atoms with E-state index in [1.54, 1.807) is 62.6 Å². The van der Waals surface area contributed by atoms with Crippen molar-refractivity contribution in [3.8, 4) is 5.75 Å². The van der Waals surface area contributed by atoms with E-state index in [4.69, 9.17) is 4.74 Å². The van der Waals surface area contributed by atoms with Crippen LogP contribution in [0.15, 0.2) is 48.5 Å². The van der Waals surface area contributed by atoms with E-state index in [-0.39, 0.29) is 24.1 Å². The van der Waals surface area contributed by atoms with Gasteiger partial charge in [-0.3, -0.25) is 14.4 Å². The molecular weight excluding hydrogens is 370 g/mol. The minimum absolute atomic E-state index is 0.0271. The maximum absolute atomic E-state index is 12.6. The van der Waals surface area contributed by atoms with E-state index in [0.717, 1.165) is 4.90 Å². The molecule has 0 aliphatic heterocycles. The van der Waals surface area contributed by atoms with Gasteiger partial charge < -0.3 is 20.3 Å². The monoisotopic (exact) mass is 398 g/mol. The number of benzene rings is 2. The van der Waals surface area contributed by atoms with E-state index in [0.29, 0.717) is 29.2 Å². The number of carbonyl (C=O) groups excluding carboxylic acids is 3. The fourth-order valence-electron chi connectivity index (χ4n) is 2.89. The van der Waals surface area contributed by atoms with Crippen LogP contribution in [0.4, 0.5) is 11.4 Å². The van der Waals surface area contributed by atoms with E-state index >= 15 is 0 Å². The molecule has 0 aromatic heterocycles. The lowest BCUT2D eigenvalue weighted by molar-refractivity contribution is -0.904. The number of amides is 2. The van der Waals surface area contributed by atoms with Crippen LogP contribution in [-0.2, 0) is 9.59 Å². The molecule has 2 aromatic carbocycles. The maximum atomic E-state index is 12.6. The summed E-state index contributed by atoms with van der Waals surface area (Å²) >= 11 is 0. The predicted octanol–water partition coefficient (Wildman–Crippen LogP) is 1.77. The van der Waals surface area contributed by atoms with Gasteiger partial charge in [-0.2, -0.15) is 0 Å². The van der Waals surface area contributed by atoms with Crippen LogP contribution in [0.5, 0.6) is 5.75 Å². The zero-order valence-corrected chi connectivity index (χ0v) is 17.2. The largest absolute Gasteiger partial charge is 0.497 e. The standard InChI is InChI=1S/C22H27N3O4/c1-5-25(14-21(27)23-18-10-12-20(29-4)13-11-18)15(2)22(28)24-19-8-6-17(7-9-19)16(3)26/h6-13,15H,5,14H2,1-4H3,(H,23,27)(H,24,28)/p+1/t15-/m0/s1. The number of Topliss-reactive ketones (excluding diaryl/α,β-unsaturated/α-hetero) is 1. The Labute approximate surface area is 171 Å². The molecule has 0 heterocycles. The van der Waals surface area contributed by atoms with Gasteiger partial charge >= 0.3 is 0 Å². The summed E-state index contributed by atoms with van der Waals surface area (Å²) in [6.45, 7) is 6.00. The average molecular weight is 398 g/mol. The summed E-state index contributed by atoms with van der Waals surface area (Å²) in [4.78, 5) is 37.2. The average Bonchev–Trinajstić information content (AvgIpc) is 2.72. The maximum Gasteiger partial charge on any atom is 0.282 e. The molecule has 154 valence electrons. The van der Waals surface area contributed by atoms with E-state index in [1.165, 1.54) is 6.92 Å². The molecule has 0 aliphatic rings. The van der Waals surface area contributed by atoms with Crippen molar-refractivity contribution in [1.29, 1.82) is 0 Å². The van der Waals surface area contributed by atoms with Gasteiger partial charge in [0.2, 0.25) is 0 Å².